The number of hydrogen-bond donors (Lipinski definition) is 1. The standard InChI is InChI=1S/C15H18N2O3/c1-15(2,16)9-20-14-11-8-13-12(18-5-6-19-13)7-10(11)3-4-17-14/h3-4,7-8H,5-6,9,16H2,1-2H3. The molecule has 0 saturated carbocycles. The maximum Gasteiger partial charge on any atom is 0.221 e. The molecule has 20 heavy (non-hydrogen) atoms. The van der Waals surface area contributed by atoms with E-state index in [2.05, 4.69) is 4.98 Å². The summed E-state index contributed by atoms with van der Waals surface area (Å²) < 4.78 is 16.9. The molecule has 5 heteroatoms. The molecule has 2 N–H and O–H groups in total. The molecule has 0 unspecified atom stereocenters. The van der Waals surface area contributed by atoms with Gasteiger partial charge in [-0.25, -0.2) is 4.98 Å². The van der Waals surface area contributed by atoms with Gasteiger partial charge in [0.05, 0.1) is 0 Å². The minimum atomic E-state index is -0.405. The highest BCUT2D eigenvalue weighted by Gasteiger charge is 2.17. The van der Waals surface area contributed by atoms with Crippen LogP contribution in [-0.4, -0.2) is 30.3 Å². The zero-order valence-corrected chi connectivity index (χ0v) is 11.7. The van der Waals surface area contributed by atoms with E-state index in [1.54, 1.807) is 6.20 Å². The van der Waals surface area contributed by atoms with E-state index in [1.807, 2.05) is 32.0 Å². The Morgan fingerprint density at radius 1 is 1.25 bits per heavy atom. The molecule has 0 amide bonds. The maximum atomic E-state index is 5.94. The van der Waals surface area contributed by atoms with Gasteiger partial charge in [-0.15, -0.1) is 0 Å². The van der Waals surface area contributed by atoms with Crippen molar-refractivity contribution in [3.05, 3.63) is 24.4 Å². The molecule has 0 atom stereocenters. The fourth-order valence-electron chi connectivity index (χ4n) is 2.05. The first kappa shape index (κ1) is 13.0. The third-order valence-electron chi connectivity index (χ3n) is 2.97. The van der Waals surface area contributed by atoms with Crippen molar-refractivity contribution in [2.24, 2.45) is 5.73 Å². The van der Waals surface area contributed by atoms with Gasteiger partial charge in [-0.2, -0.15) is 0 Å². The first-order chi connectivity index (χ1) is 9.53. The Morgan fingerprint density at radius 2 is 1.95 bits per heavy atom. The van der Waals surface area contributed by atoms with Crippen LogP contribution in [0, 0.1) is 0 Å². The summed E-state index contributed by atoms with van der Waals surface area (Å²) in [4.78, 5) is 4.28. The van der Waals surface area contributed by atoms with Gasteiger partial charge in [0.2, 0.25) is 5.88 Å². The van der Waals surface area contributed by atoms with Crippen molar-refractivity contribution in [2.45, 2.75) is 19.4 Å². The van der Waals surface area contributed by atoms with E-state index in [9.17, 15) is 0 Å². The van der Waals surface area contributed by atoms with E-state index < -0.39 is 5.54 Å². The number of aromatic nitrogens is 1. The van der Waals surface area contributed by atoms with Crippen LogP contribution in [0.15, 0.2) is 24.4 Å². The van der Waals surface area contributed by atoms with Crippen LogP contribution < -0.4 is 19.9 Å². The fraction of sp³-hybridized carbons (Fsp3) is 0.400. The lowest BCUT2D eigenvalue weighted by molar-refractivity contribution is 0.172. The summed E-state index contributed by atoms with van der Waals surface area (Å²) in [5.41, 5.74) is 5.54. The zero-order chi connectivity index (χ0) is 14.2. The van der Waals surface area contributed by atoms with Crippen LogP contribution in [0.25, 0.3) is 10.8 Å². The second kappa shape index (κ2) is 4.83. The normalized spacial score (nSPS) is 14.3. The van der Waals surface area contributed by atoms with Crippen LogP contribution in [0.4, 0.5) is 0 Å². The molecule has 0 fully saturated rings. The van der Waals surface area contributed by atoms with Gasteiger partial charge < -0.3 is 19.9 Å². The molecule has 1 aliphatic heterocycles. The van der Waals surface area contributed by atoms with Gasteiger partial charge in [-0.1, -0.05) is 0 Å². The van der Waals surface area contributed by atoms with Gasteiger partial charge >= 0.3 is 0 Å². The van der Waals surface area contributed by atoms with Crippen molar-refractivity contribution >= 4 is 10.8 Å². The average Bonchev–Trinajstić information content (AvgIpc) is 2.42. The Morgan fingerprint density at radius 3 is 2.65 bits per heavy atom. The SMILES string of the molecule is CC(C)(N)COc1nccc2cc3c(cc12)OCCO3. The molecule has 2 aromatic rings. The third kappa shape index (κ3) is 2.63. The van der Waals surface area contributed by atoms with Gasteiger partial charge in [0.15, 0.2) is 11.5 Å². The van der Waals surface area contributed by atoms with E-state index in [-0.39, 0.29) is 0 Å². The van der Waals surface area contributed by atoms with E-state index in [1.165, 1.54) is 0 Å². The highest BCUT2D eigenvalue weighted by molar-refractivity contribution is 5.89. The second-order valence-electron chi connectivity index (χ2n) is 5.61. The van der Waals surface area contributed by atoms with Crippen LogP contribution in [0.3, 0.4) is 0 Å². The first-order valence-electron chi connectivity index (χ1n) is 6.63. The van der Waals surface area contributed by atoms with Gasteiger partial charge in [0.1, 0.15) is 19.8 Å². The highest BCUT2D eigenvalue weighted by atomic mass is 16.6. The summed E-state index contributed by atoms with van der Waals surface area (Å²) in [6, 6.07) is 5.79. The highest BCUT2D eigenvalue weighted by Crippen LogP contribution is 2.37. The van der Waals surface area contributed by atoms with Crippen LogP contribution in [0.1, 0.15) is 13.8 Å². The minimum absolute atomic E-state index is 0.396. The Labute approximate surface area is 117 Å². The Balaban J connectivity index is 2.00. The van der Waals surface area contributed by atoms with Crippen LogP contribution in [0.5, 0.6) is 17.4 Å². The van der Waals surface area contributed by atoms with Crippen molar-refractivity contribution in [1.29, 1.82) is 0 Å². The molecule has 0 saturated heterocycles. The molecular formula is C15H18N2O3. The molecule has 1 aromatic carbocycles. The Bertz CT molecular complexity index is 635. The molecule has 1 aliphatic rings. The summed E-state index contributed by atoms with van der Waals surface area (Å²) >= 11 is 0. The van der Waals surface area contributed by atoms with Gasteiger partial charge in [-0.05, 0) is 37.4 Å². The molecule has 5 nitrogen and oxygen atoms in total. The fourth-order valence-corrected chi connectivity index (χ4v) is 2.05. The number of ether oxygens (including phenoxy) is 3. The lowest BCUT2D eigenvalue weighted by Gasteiger charge is -2.21. The lowest BCUT2D eigenvalue weighted by atomic mass is 10.1. The average molecular weight is 274 g/mol. The molecule has 2 heterocycles. The Hall–Kier alpha value is -2.01. The molecule has 0 spiro atoms. The topological polar surface area (TPSA) is 66.6 Å². The van der Waals surface area contributed by atoms with Crippen molar-refractivity contribution in [2.75, 3.05) is 19.8 Å². The number of hydrogen-bond acceptors (Lipinski definition) is 5. The summed E-state index contributed by atoms with van der Waals surface area (Å²) in [5.74, 6) is 2.06. The molecule has 0 radical (unpaired) electrons. The largest absolute Gasteiger partial charge is 0.486 e. The molecule has 1 aromatic heterocycles. The smallest absolute Gasteiger partial charge is 0.221 e. The van der Waals surface area contributed by atoms with E-state index in [0.717, 1.165) is 22.3 Å². The van der Waals surface area contributed by atoms with Gasteiger partial charge in [0.25, 0.3) is 0 Å². The summed E-state index contributed by atoms with van der Waals surface area (Å²) in [7, 11) is 0. The zero-order valence-electron chi connectivity index (χ0n) is 11.7. The lowest BCUT2D eigenvalue weighted by Crippen LogP contribution is -2.38. The quantitative estimate of drug-likeness (QED) is 0.928. The number of fused-ring (bicyclic) bond motifs is 2. The number of nitrogens with two attached hydrogens (primary N) is 1. The molecule has 0 bridgehead atoms. The van der Waals surface area contributed by atoms with Crippen molar-refractivity contribution in [3.8, 4) is 17.4 Å². The predicted octanol–water partition coefficient (Wildman–Crippen LogP) is 2.12. The maximum absolute atomic E-state index is 5.94. The number of pyridine rings is 1. The monoisotopic (exact) mass is 274 g/mol. The first-order valence-corrected chi connectivity index (χ1v) is 6.63. The summed E-state index contributed by atoms with van der Waals surface area (Å²) in [6.45, 7) is 5.36. The Kier molecular flexibility index (Phi) is 3.14. The van der Waals surface area contributed by atoms with Crippen molar-refractivity contribution in [1.82, 2.24) is 4.98 Å². The number of rotatable bonds is 3. The van der Waals surface area contributed by atoms with Crippen molar-refractivity contribution in [3.63, 3.8) is 0 Å². The van der Waals surface area contributed by atoms with Crippen LogP contribution in [0.2, 0.25) is 0 Å². The summed E-state index contributed by atoms with van der Waals surface area (Å²) in [5, 5.41) is 1.91. The van der Waals surface area contributed by atoms with E-state index in [4.69, 9.17) is 19.9 Å². The molecular weight excluding hydrogens is 256 g/mol. The molecule has 106 valence electrons. The minimum Gasteiger partial charge on any atom is -0.486 e. The van der Waals surface area contributed by atoms with Gasteiger partial charge in [0, 0.05) is 17.1 Å². The number of nitrogens with zero attached hydrogens (tertiary/aromatic N) is 1. The number of benzene rings is 1. The second-order valence-corrected chi connectivity index (χ2v) is 5.61. The van der Waals surface area contributed by atoms with Crippen LogP contribution >= 0.6 is 0 Å². The summed E-state index contributed by atoms with van der Waals surface area (Å²) in [6.07, 6.45) is 1.72. The van der Waals surface area contributed by atoms with Gasteiger partial charge in [-0.3, -0.25) is 0 Å². The third-order valence-corrected chi connectivity index (χ3v) is 2.97. The van der Waals surface area contributed by atoms with Crippen molar-refractivity contribution < 1.29 is 14.2 Å². The van der Waals surface area contributed by atoms with E-state index in [0.29, 0.717) is 25.7 Å². The van der Waals surface area contributed by atoms with Crippen LogP contribution in [-0.2, 0) is 0 Å². The predicted molar refractivity (Wildman–Crippen MR) is 76.5 cm³/mol. The molecule has 3 rings (SSSR count). The molecule has 0 aliphatic carbocycles. The van der Waals surface area contributed by atoms with E-state index >= 15 is 0 Å².